The zero-order valence-corrected chi connectivity index (χ0v) is 16.3. The summed E-state index contributed by atoms with van der Waals surface area (Å²) in [4.78, 5) is 15.2. The van der Waals surface area contributed by atoms with Gasteiger partial charge in [-0.25, -0.2) is 9.97 Å². The van der Waals surface area contributed by atoms with Crippen molar-refractivity contribution in [1.29, 1.82) is 0 Å². The predicted molar refractivity (Wildman–Crippen MR) is 113 cm³/mol. The smallest absolute Gasteiger partial charge is 0.134 e. The molecule has 1 fully saturated rings. The van der Waals surface area contributed by atoms with Gasteiger partial charge in [0.2, 0.25) is 0 Å². The van der Waals surface area contributed by atoms with Gasteiger partial charge in [-0.1, -0.05) is 25.1 Å². The highest BCUT2D eigenvalue weighted by atomic mass is 15.2. The third-order valence-corrected chi connectivity index (χ3v) is 5.59. The van der Waals surface area contributed by atoms with E-state index in [0.717, 1.165) is 37.0 Å². The van der Waals surface area contributed by atoms with E-state index in [-0.39, 0.29) is 0 Å². The molecule has 2 N–H and O–H groups in total. The monoisotopic (exact) mass is 363 g/mol. The predicted octanol–water partition coefficient (Wildman–Crippen LogP) is 4.69. The molecule has 0 aliphatic carbocycles. The summed E-state index contributed by atoms with van der Waals surface area (Å²) in [5.74, 6) is 2.84. The number of hydrogen-bond acceptors (Lipinski definition) is 4. The standard InChI is InChI=1S/C22H29N5/c1-3-18-8-6-7-13-27(18)22-14-21(25-16(2)26-22)23-12-11-17-15-24-20-10-5-4-9-19(17)20/h4-5,9-10,14-15,18,24H,3,6-8,11-13H2,1-2H3,(H,23,25,26). The Morgan fingerprint density at radius 2 is 2.11 bits per heavy atom. The van der Waals surface area contributed by atoms with Crippen LogP contribution in [0.5, 0.6) is 0 Å². The van der Waals surface area contributed by atoms with Gasteiger partial charge in [0, 0.05) is 42.3 Å². The molecule has 0 saturated carbocycles. The lowest BCUT2D eigenvalue weighted by molar-refractivity contribution is 0.446. The Bertz CT molecular complexity index is 901. The Morgan fingerprint density at radius 3 is 3.00 bits per heavy atom. The molecule has 0 amide bonds. The maximum Gasteiger partial charge on any atom is 0.134 e. The highest BCUT2D eigenvalue weighted by molar-refractivity contribution is 5.83. The van der Waals surface area contributed by atoms with Gasteiger partial charge in [0.1, 0.15) is 17.5 Å². The highest BCUT2D eigenvalue weighted by Gasteiger charge is 2.22. The van der Waals surface area contributed by atoms with E-state index in [4.69, 9.17) is 4.98 Å². The minimum atomic E-state index is 0.604. The Kier molecular flexibility index (Phi) is 5.28. The number of para-hydroxylation sites is 1. The molecule has 1 aliphatic rings. The summed E-state index contributed by atoms with van der Waals surface area (Å²) in [6, 6.07) is 11.2. The molecular weight excluding hydrogens is 334 g/mol. The van der Waals surface area contributed by atoms with E-state index >= 15 is 0 Å². The number of aryl methyl sites for hydroxylation is 1. The molecule has 3 heterocycles. The van der Waals surface area contributed by atoms with Gasteiger partial charge in [0.15, 0.2) is 0 Å². The van der Waals surface area contributed by atoms with Crippen molar-refractivity contribution >= 4 is 22.5 Å². The van der Waals surface area contributed by atoms with Crippen LogP contribution in [0.15, 0.2) is 36.5 Å². The number of rotatable bonds is 6. The first-order valence-electron chi connectivity index (χ1n) is 10.2. The van der Waals surface area contributed by atoms with E-state index in [0.29, 0.717) is 6.04 Å². The fourth-order valence-corrected chi connectivity index (χ4v) is 4.18. The van der Waals surface area contributed by atoms with E-state index in [1.165, 1.54) is 42.1 Å². The first kappa shape index (κ1) is 17.8. The molecule has 142 valence electrons. The number of aromatic amines is 1. The number of nitrogens with zero attached hydrogens (tertiary/aromatic N) is 3. The fraction of sp³-hybridized carbons (Fsp3) is 0.455. The van der Waals surface area contributed by atoms with E-state index in [1.54, 1.807) is 0 Å². The van der Waals surface area contributed by atoms with E-state index < -0.39 is 0 Å². The van der Waals surface area contributed by atoms with Gasteiger partial charge in [-0.3, -0.25) is 0 Å². The minimum absolute atomic E-state index is 0.604. The number of fused-ring (bicyclic) bond motifs is 1. The summed E-state index contributed by atoms with van der Waals surface area (Å²) in [6.45, 7) is 6.22. The van der Waals surface area contributed by atoms with Crippen LogP contribution in [0, 0.1) is 6.92 Å². The lowest BCUT2D eigenvalue weighted by Gasteiger charge is -2.36. The van der Waals surface area contributed by atoms with E-state index in [1.807, 2.05) is 6.92 Å². The van der Waals surface area contributed by atoms with Crippen molar-refractivity contribution in [1.82, 2.24) is 15.0 Å². The van der Waals surface area contributed by atoms with Crippen LogP contribution in [0.25, 0.3) is 10.9 Å². The van der Waals surface area contributed by atoms with Crippen molar-refractivity contribution in [2.24, 2.45) is 0 Å². The molecule has 0 spiro atoms. The third-order valence-electron chi connectivity index (χ3n) is 5.59. The van der Waals surface area contributed by atoms with Gasteiger partial charge in [-0.2, -0.15) is 0 Å². The lowest BCUT2D eigenvalue weighted by Crippen LogP contribution is -2.39. The lowest BCUT2D eigenvalue weighted by atomic mass is 10.00. The van der Waals surface area contributed by atoms with Crippen LogP contribution in [0.1, 0.15) is 44.0 Å². The summed E-state index contributed by atoms with van der Waals surface area (Å²) < 4.78 is 0. The van der Waals surface area contributed by atoms with Crippen molar-refractivity contribution in [3.05, 3.63) is 47.9 Å². The second-order valence-corrected chi connectivity index (χ2v) is 7.45. The second-order valence-electron chi connectivity index (χ2n) is 7.45. The van der Waals surface area contributed by atoms with Crippen LogP contribution in [0.2, 0.25) is 0 Å². The number of benzene rings is 1. The summed E-state index contributed by atoms with van der Waals surface area (Å²) in [7, 11) is 0. The molecule has 5 nitrogen and oxygen atoms in total. The third kappa shape index (κ3) is 3.92. The van der Waals surface area contributed by atoms with Gasteiger partial charge < -0.3 is 15.2 Å². The van der Waals surface area contributed by atoms with E-state index in [2.05, 4.69) is 63.6 Å². The molecule has 27 heavy (non-hydrogen) atoms. The van der Waals surface area contributed by atoms with E-state index in [9.17, 15) is 0 Å². The molecule has 4 rings (SSSR count). The molecule has 1 aromatic carbocycles. The molecule has 0 radical (unpaired) electrons. The van der Waals surface area contributed by atoms with Crippen molar-refractivity contribution < 1.29 is 0 Å². The van der Waals surface area contributed by atoms with Gasteiger partial charge >= 0.3 is 0 Å². The second kappa shape index (κ2) is 7.99. The highest BCUT2D eigenvalue weighted by Crippen LogP contribution is 2.26. The molecule has 2 aromatic heterocycles. The zero-order chi connectivity index (χ0) is 18.6. The number of hydrogen-bond donors (Lipinski definition) is 2. The number of H-pyrrole nitrogens is 1. The van der Waals surface area contributed by atoms with Gasteiger partial charge in [-0.15, -0.1) is 0 Å². The summed E-state index contributed by atoms with van der Waals surface area (Å²) in [5.41, 5.74) is 2.54. The molecule has 0 bridgehead atoms. The van der Waals surface area contributed by atoms with Gasteiger partial charge in [0.05, 0.1) is 0 Å². The van der Waals surface area contributed by atoms with Crippen molar-refractivity contribution in [3.8, 4) is 0 Å². The maximum atomic E-state index is 4.72. The molecule has 5 heteroatoms. The van der Waals surface area contributed by atoms with Crippen LogP contribution < -0.4 is 10.2 Å². The van der Waals surface area contributed by atoms with Crippen LogP contribution in [-0.4, -0.2) is 34.1 Å². The molecular formula is C22H29N5. The van der Waals surface area contributed by atoms with Crippen LogP contribution >= 0.6 is 0 Å². The summed E-state index contributed by atoms with van der Waals surface area (Å²) in [6.07, 6.45) is 8.10. The Balaban J connectivity index is 1.45. The SMILES string of the molecule is CCC1CCCCN1c1cc(NCCc2c[nH]c3ccccc23)nc(C)n1. The topological polar surface area (TPSA) is 56.8 Å². The Hall–Kier alpha value is -2.56. The van der Waals surface area contributed by atoms with Crippen molar-refractivity contribution in [2.45, 2.75) is 52.0 Å². The van der Waals surface area contributed by atoms with Crippen LogP contribution in [0.3, 0.4) is 0 Å². The molecule has 1 atom stereocenters. The number of nitrogens with one attached hydrogen (secondary N) is 2. The van der Waals surface area contributed by atoms with Crippen molar-refractivity contribution in [3.63, 3.8) is 0 Å². The van der Waals surface area contributed by atoms with Crippen LogP contribution in [-0.2, 0) is 6.42 Å². The van der Waals surface area contributed by atoms with Crippen molar-refractivity contribution in [2.75, 3.05) is 23.3 Å². The summed E-state index contributed by atoms with van der Waals surface area (Å²) in [5, 5.41) is 4.81. The minimum Gasteiger partial charge on any atom is -0.370 e. The first-order chi connectivity index (χ1) is 13.2. The summed E-state index contributed by atoms with van der Waals surface area (Å²) >= 11 is 0. The number of anilines is 2. The average Bonchev–Trinajstić information content (AvgIpc) is 3.11. The molecule has 1 unspecified atom stereocenters. The zero-order valence-electron chi connectivity index (χ0n) is 16.3. The number of piperidine rings is 1. The largest absolute Gasteiger partial charge is 0.370 e. The quantitative estimate of drug-likeness (QED) is 0.667. The Morgan fingerprint density at radius 1 is 1.22 bits per heavy atom. The Labute approximate surface area is 161 Å². The van der Waals surface area contributed by atoms with Crippen LogP contribution in [0.4, 0.5) is 11.6 Å². The molecule has 1 saturated heterocycles. The average molecular weight is 364 g/mol. The normalized spacial score (nSPS) is 17.4. The maximum absolute atomic E-state index is 4.72. The molecule has 1 aliphatic heterocycles. The number of aromatic nitrogens is 3. The van der Waals surface area contributed by atoms with Gasteiger partial charge in [-0.05, 0) is 50.7 Å². The first-order valence-corrected chi connectivity index (χ1v) is 10.2. The fourth-order valence-electron chi connectivity index (χ4n) is 4.18. The molecule has 3 aromatic rings. The van der Waals surface area contributed by atoms with Gasteiger partial charge in [0.25, 0.3) is 0 Å².